The summed E-state index contributed by atoms with van der Waals surface area (Å²) < 4.78 is 5.54. The molecule has 0 radical (unpaired) electrons. The van der Waals surface area contributed by atoms with Crippen molar-refractivity contribution in [3.05, 3.63) is 12.2 Å². The summed E-state index contributed by atoms with van der Waals surface area (Å²) >= 11 is 0. The fraction of sp³-hybridized carbons (Fsp3) is 0.769. The second-order valence-corrected chi connectivity index (χ2v) is 5.26. The Balaban J connectivity index is 1.55. The minimum absolute atomic E-state index is 0.0237. The van der Waals surface area contributed by atoms with Crippen molar-refractivity contribution in [3.63, 3.8) is 0 Å². The molecule has 1 N–H and O–H groups in total. The Hall–Kier alpha value is -0.830. The average Bonchev–Trinajstić information content (AvgIpc) is 2.92. The Kier molecular flexibility index (Phi) is 2.72. The summed E-state index contributed by atoms with van der Waals surface area (Å²) in [7, 11) is 0. The summed E-state index contributed by atoms with van der Waals surface area (Å²) in [6.07, 6.45) is 9.95. The molecule has 2 fully saturated rings. The predicted molar refractivity (Wildman–Crippen MR) is 60.6 cm³/mol. The summed E-state index contributed by atoms with van der Waals surface area (Å²) in [5.41, 5.74) is 0. The van der Waals surface area contributed by atoms with Gasteiger partial charge in [-0.1, -0.05) is 12.2 Å². The standard InChI is InChI=1S/C13H19NO2/c15-13(16-12-3-1-2-6-14-12)11-8-9-4-5-10(11)7-9/h4-5,9-12,14H,1-3,6-8H2. The van der Waals surface area contributed by atoms with Crippen LogP contribution in [0.2, 0.25) is 0 Å². The molecule has 2 bridgehead atoms. The lowest BCUT2D eigenvalue weighted by Gasteiger charge is -2.26. The highest BCUT2D eigenvalue weighted by Crippen LogP contribution is 2.44. The lowest BCUT2D eigenvalue weighted by atomic mass is 9.94. The highest BCUT2D eigenvalue weighted by Gasteiger charge is 2.41. The van der Waals surface area contributed by atoms with Crippen LogP contribution < -0.4 is 5.32 Å². The summed E-state index contributed by atoms with van der Waals surface area (Å²) in [4.78, 5) is 12.0. The minimum Gasteiger partial charge on any atom is -0.446 e. The maximum absolute atomic E-state index is 12.0. The van der Waals surface area contributed by atoms with Gasteiger partial charge in [0.15, 0.2) is 6.23 Å². The van der Waals surface area contributed by atoms with Crippen molar-refractivity contribution in [2.45, 2.75) is 38.3 Å². The molecule has 88 valence electrons. The maximum atomic E-state index is 12.0. The largest absolute Gasteiger partial charge is 0.446 e. The van der Waals surface area contributed by atoms with E-state index in [4.69, 9.17) is 4.74 Å². The van der Waals surface area contributed by atoms with Gasteiger partial charge in [-0.25, -0.2) is 0 Å². The first kappa shape index (κ1) is 10.3. The van der Waals surface area contributed by atoms with Gasteiger partial charge in [0.25, 0.3) is 0 Å². The van der Waals surface area contributed by atoms with Crippen LogP contribution in [0.5, 0.6) is 0 Å². The van der Waals surface area contributed by atoms with Gasteiger partial charge in [-0.15, -0.1) is 0 Å². The first-order valence-corrected chi connectivity index (χ1v) is 6.45. The Labute approximate surface area is 96.2 Å². The summed E-state index contributed by atoms with van der Waals surface area (Å²) in [5, 5.41) is 3.26. The Morgan fingerprint density at radius 2 is 2.19 bits per heavy atom. The second kappa shape index (κ2) is 4.21. The number of fused-ring (bicyclic) bond motifs is 2. The van der Waals surface area contributed by atoms with Crippen molar-refractivity contribution in [2.24, 2.45) is 17.8 Å². The number of rotatable bonds is 2. The molecule has 1 saturated heterocycles. The SMILES string of the molecule is O=C(OC1CCCCN1)C1CC2C=CC1C2. The van der Waals surface area contributed by atoms with Crippen molar-refractivity contribution < 1.29 is 9.53 Å². The zero-order valence-corrected chi connectivity index (χ0v) is 9.52. The minimum atomic E-state index is -0.0237. The van der Waals surface area contributed by atoms with Crippen molar-refractivity contribution in [1.29, 1.82) is 0 Å². The lowest BCUT2D eigenvalue weighted by Crippen LogP contribution is -2.39. The highest BCUT2D eigenvalue weighted by molar-refractivity contribution is 5.74. The number of carbonyl (C=O) groups excluding carboxylic acids is 1. The van der Waals surface area contributed by atoms with Crippen LogP contribution in [0.4, 0.5) is 0 Å². The number of carbonyl (C=O) groups is 1. The van der Waals surface area contributed by atoms with E-state index in [2.05, 4.69) is 17.5 Å². The molecule has 3 aliphatic rings. The molecule has 0 aromatic rings. The lowest BCUT2D eigenvalue weighted by molar-refractivity contribution is -0.157. The Morgan fingerprint density at radius 1 is 1.25 bits per heavy atom. The number of allylic oxidation sites excluding steroid dienone is 2. The average molecular weight is 221 g/mol. The third-order valence-electron chi connectivity index (χ3n) is 4.11. The Morgan fingerprint density at radius 3 is 2.81 bits per heavy atom. The van der Waals surface area contributed by atoms with E-state index in [1.54, 1.807) is 0 Å². The van der Waals surface area contributed by atoms with Gasteiger partial charge in [-0.2, -0.15) is 0 Å². The molecular weight excluding hydrogens is 202 g/mol. The number of hydrogen-bond acceptors (Lipinski definition) is 3. The van der Waals surface area contributed by atoms with Gasteiger partial charge >= 0.3 is 5.97 Å². The second-order valence-electron chi connectivity index (χ2n) is 5.26. The van der Waals surface area contributed by atoms with Gasteiger partial charge in [0.2, 0.25) is 0 Å². The van der Waals surface area contributed by atoms with E-state index in [0.717, 1.165) is 25.8 Å². The van der Waals surface area contributed by atoms with Crippen LogP contribution in [-0.4, -0.2) is 18.7 Å². The van der Waals surface area contributed by atoms with E-state index in [-0.39, 0.29) is 18.1 Å². The molecule has 2 aliphatic carbocycles. The topological polar surface area (TPSA) is 38.3 Å². The summed E-state index contributed by atoms with van der Waals surface area (Å²) in [6.45, 7) is 0.981. The molecule has 0 aromatic carbocycles. The van der Waals surface area contributed by atoms with E-state index in [1.807, 2.05) is 0 Å². The number of hydrogen-bond donors (Lipinski definition) is 1. The number of nitrogens with one attached hydrogen (secondary N) is 1. The first-order valence-electron chi connectivity index (χ1n) is 6.45. The van der Waals surface area contributed by atoms with Gasteiger partial charge in [0.1, 0.15) is 0 Å². The third-order valence-corrected chi connectivity index (χ3v) is 4.11. The number of piperidine rings is 1. The zero-order valence-electron chi connectivity index (χ0n) is 9.52. The van der Waals surface area contributed by atoms with Crippen molar-refractivity contribution >= 4 is 5.97 Å². The van der Waals surface area contributed by atoms with Gasteiger partial charge in [-0.05, 0) is 50.5 Å². The van der Waals surface area contributed by atoms with Crippen LogP contribution in [-0.2, 0) is 9.53 Å². The maximum Gasteiger partial charge on any atom is 0.311 e. The van der Waals surface area contributed by atoms with Crippen LogP contribution in [0, 0.1) is 17.8 Å². The third kappa shape index (κ3) is 1.88. The van der Waals surface area contributed by atoms with E-state index in [9.17, 15) is 4.79 Å². The van der Waals surface area contributed by atoms with E-state index in [1.165, 1.54) is 12.8 Å². The van der Waals surface area contributed by atoms with Crippen LogP contribution in [0.25, 0.3) is 0 Å². The van der Waals surface area contributed by atoms with Crippen LogP contribution in [0.15, 0.2) is 12.2 Å². The van der Waals surface area contributed by atoms with Crippen molar-refractivity contribution in [3.8, 4) is 0 Å². The highest BCUT2D eigenvalue weighted by atomic mass is 16.6. The van der Waals surface area contributed by atoms with Gasteiger partial charge in [0.05, 0.1) is 5.92 Å². The van der Waals surface area contributed by atoms with E-state index < -0.39 is 0 Å². The van der Waals surface area contributed by atoms with E-state index >= 15 is 0 Å². The van der Waals surface area contributed by atoms with Crippen molar-refractivity contribution in [1.82, 2.24) is 5.32 Å². The molecular formula is C13H19NO2. The van der Waals surface area contributed by atoms with Gasteiger partial charge < -0.3 is 4.74 Å². The monoisotopic (exact) mass is 221 g/mol. The fourth-order valence-electron chi connectivity index (χ4n) is 3.20. The normalized spacial score (nSPS) is 41.2. The Bertz CT molecular complexity index is 307. The summed E-state index contributed by atoms with van der Waals surface area (Å²) in [6, 6.07) is 0. The quantitative estimate of drug-likeness (QED) is 0.571. The fourth-order valence-corrected chi connectivity index (χ4v) is 3.20. The molecule has 4 atom stereocenters. The molecule has 1 aliphatic heterocycles. The summed E-state index contributed by atoms with van der Waals surface area (Å²) in [5.74, 6) is 1.26. The van der Waals surface area contributed by atoms with Crippen LogP contribution >= 0.6 is 0 Å². The molecule has 0 aromatic heterocycles. The molecule has 0 amide bonds. The molecule has 16 heavy (non-hydrogen) atoms. The molecule has 3 rings (SSSR count). The zero-order chi connectivity index (χ0) is 11.0. The number of ether oxygens (including phenoxy) is 1. The molecule has 3 heteroatoms. The van der Waals surface area contributed by atoms with Gasteiger partial charge in [0, 0.05) is 0 Å². The van der Waals surface area contributed by atoms with Crippen LogP contribution in [0.3, 0.4) is 0 Å². The van der Waals surface area contributed by atoms with Crippen LogP contribution in [0.1, 0.15) is 32.1 Å². The number of esters is 1. The molecule has 3 nitrogen and oxygen atoms in total. The molecule has 4 unspecified atom stereocenters. The predicted octanol–water partition coefficient (Wildman–Crippen LogP) is 1.84. The molecule has 0 spiro atoms. The van der Waals surface area contributed by atoms with E-state index in [0.29, 0.717) is 11.8 Å². The first-order chi connectivity index (χ1) is 7.83. The van der Waals surface area contributed by atoms with Gasteiger partial charge in [-0.3, -0.25) is 10.1 Å². The molecule has 1 saturated carbocycles. The smallest absolute Gasteiger partial charge is 0.311 e. The molecule has 1 heterocycles. The van der Waals surface area contributed by atoms with Crippen molar-refractivity contribution in [2.75, 3.05) is 6.54 Å².